The molecule has 4 heteroatoms. The van der Waals surface area contributed by atoms with Crippen molar-refractivity contribution >= 4 is 12.1 Å². The van der Waals surface area contributed by atoms with Crippen molar-refractivity contribution in [1.29, 1.82) is 0 Å². The minimum absolute atomic E-state index is 0.229. The van der Waals surface area contributed by atoms with Gasteiger partial charge in [0.05, 0.1) is 11.9 Å². The Morgan fingerprint density at radius 1 is 1.20 bits per heavy atom. The molecule has 4 nitrogen and oxygen atoms in total. The Morgan fingerprint density at radius 3 is 2.55 bits per heavy atom. The second-order valence-electron chi connectivity index (χ2n) is 4.73. The van der Waals surface area contributed by atoms with Crippen molar-refractivity contribution in [3.8, 4) is 0 Å². The second kappa shape index (κ2) is 6.61. The van der Waals surface area contributed by atoms with E-state index in [4.69, 9.17) is 0 Å². The Hall–Kier alpha value is -2.49. The maximum atomic E-state index is 11.9. The van der Waals surface area contributed by atoms with Gasteiger partial charge in [0.15, 0.2) is 0 Å². The van der Waals surface area contributed by atoms with Gasteiger partial charge in [-0.1, -0.05) is 32.0 Å². The molecule has 1 heterocycles. The van der Waals surface area contributed by atoms with Gasteiger partial charge in [-0.3, -0.25) is 9.78 Å². The summed E-state index contributed by atoms with van der Waals surface area (Å²) in [6.07, 6.45) is 3.19. The molecule has 0 atom stereocenters. The van der Waals surface area contributed by atoms with Gasteiger partial charge in [0.25, 0.3) is 5.91 Å². The maximum absolute atomic E-state index is 11.9. The molecule has 102 valence electrons. The second-order valence-corrected chi connectivity index (χ2v) is 4.73. The molecule has 0 saturated heterocycles. The number of carbonyl (C=O) groups excluding carboxylic acids is 1. The zero-order valence-electron chi connectivity index (χ0n) is 11.6. The highest BCUT2D eigenvalue weighted by molar-refractivity contribution is 5.94. The first kappa shape index (κ1) is 13.9. The van der Waals surface area contributed by atoms with E-state index in [1.165, 1.54) is 11.8 Å². The first-order valence-electron chi connectivity index (χ1n) is 6.51. The third-order valence-electron chi connectivity index (χ3n) is 2.89. The summed E-state index contributed by atoms with van der Waals surface area (Å²) in [4.78, 5) is 15.9. The molecule has 0 radical (unpaired) electrons. The van der Waals surface area contributed by atoms with Crippen LogP contribution < -0.4 is 5.43 Å². The van der Waals surface area contributed by atoms with Gasteiger partial charge in [0.2, 0.25) is 0 Å². The summed E-state index contributed by atoms with van der Waals surface area (Å²) in [7, 11) is 0. The average Bonchev–Trinajstić information content (AvgIpc) is 2.48. The first-order chi connectivity index (χ1) is 9.66. The van der Waals surface area contributed by atoms with Crippen molar-refractivity contribution in [2.24, 2.45) is 5.10 Å². The van der Waals surface area contributed by atoms with Crippen molar-refractivity contribution in [3.63, 3.8) is 0 Å². The smallest absolute Gasteiger partial charge is 0.267 e. The highest BCUT2D eigenvalue weighted by Gasteiger charge is 2.05. The molecule has 1 N–H and O–H groups in total. The number of nitrogens with one attached hydrogen (secondary N) is 1. The minimum atomic E-state index is -0.229. The van der Waals surface area contributed by atoms with E-state index in [1.807, 2.05) is 30.3 Å². The topological polar surface area (TPSA) is 54.4 Å². The van der Waals surface area contributed by atoms with E-state index in [0.29, 0.717) is 17.2 Å². The van der Waals surface area contributed by atoms with E-state index in [-0.39, 0.29) is 5.91 Å². The van der Waals surface area contributed by atoms with E-state index >= 15 is 0 Å². The van der Waals surface area contributed by atoms with Crippen LogP contribution >= 0.6 is 0 Å². The average molecular weight is 267 g/mol. The Morgan fingerprint density at radius 2 is 1.95 bits per heavy atom. The Balaban J connectivity index is 1.96. The van der Waals surface area contributed by atoms with E-state index < -0.39 is 0 Å². The van der Waals surface area contributed by atoms with Gasteiger partial charge in [0, 0.05) is 11.8 Å². The lowest BCUT2D eigenvalue weighted by Gasteiger charge is -2.05. The third-order valence-corrected chi connectivity index (χ3v) is 2.89. The molecule has 0 bridgehead atoms. The number of hydrogen-bond donors (Lipinski definition) is 1. The van der Waals surface area contributed by atoms with Crippen LogP contribution in [-0.4, -0.2) is 17.1 Å². The van der Waals surface area contributed by atoms with Gasteiger partial charge in [0.1, 0.15) is 0 Å². The van der Waals surface area contributed by atoms with Crippen molar-refractivity contribution in [2.75, 3.05) is 0 Å². The summed E-state index contributed by atoms with van der Waals surface area (Å²) in [5.41, 5.74) is 4.98. The predicted molar refractivity (Wildman–Crippen MR) is 79.8 cm³/mol. The number of aromatic nitrogens is 1. The fourth-order valence-electron chi connectivity index (χ4n) is 1.69. The molecule has 0 aliphatic heterocycles. The molecule has 2 rings (SSSR count). The molecule has 0 aliphatic carbocycles. The van der Waals surface area contributed by atoms with E-state index in [2.05, 4.69) is 29.4 Å². The van der Waals surface area contributed by atoms with E-state index in [0.717, 1.165) is 0 Å². The number of hydrazone groups is 1. The standard InChI is InChI=1S/C16H17N3O/c1-12(2)13-6-8-14(9-7-13)16(20)19-18-11-15-5-3-4-10-17-15/h3-12H,1-2H3,(H,19,20). The normalized spacial score (nSPS) is 10.9. The number of carbonyl (C=O) groups is 1. The highest BCUT2D eigenvalue weighted by Crippen LogP contribution is 2.14. The van der Waals surface area contributed by atoms with Crippen molar-refractivity contribution in [3.05, 3.63) is 65.5 Å². The van der Waals surface area contributed by atoms with E-state index in [9.17, 15) is 4.79 Å². The van der Waals surface area contributed by atoms with Crippen LogP contribution in [0.5, 0.6) is 0 Å². The lowest BCUT2D eigenvalue weighted by atomic mass is 10.0. The van der Waals surface area contributed by atoms with Crippen molar-refractivity contribution in [2.45, 2.75) is 19.8 Å². The zero-order chi connectivity index (χ0) is 14.4. The summed E-state index contributed by atoms with van der Waals surface area (Å²) in [6, 6.07) is 13.0. The van der Waals surface area contributed by atoms with Gasteiger partial charge < -0.3 is 0 Å². The fourth-order valence-corrected chi connectivity index (χ4v) is 1.69. The fraction of sp³-hybridized carbons (Fsp3) is 0.188. The maximum Gasteiger partial charge on any atom is 0.271 e. The molecule has 0 fully saturated rings. The third kappa shape index (κ3) is 3.75. The van der Waals surface area contributed by atoms with Crippen molar-refractivity contribution in [1.82, 2.24) is 10.4 Å². The van der Waals surface area contributed by atoms with Crippen LogP contribution in [0.15, 0.2) is 53.8 Å². The summed E-state index contributed by atoms with van der Waals surface area (Å²) in [6.45, 7) is 4.23. The SMILES string of the molecule is CC(C)c1ccc(C(=O)NN=Cc2ccccn2)cc1. The van der Waals surface area contributed by atoms with Crippen LogP contribution in [0.4, 0.5) is 0 Å². The molecular weight excluding hydrogens is 250 g/mol. The molecule has 1 amide bonds. The Bertz CT molecular complexity index is 589. The summed E-state index contributed by atoms with van der Waals surface area (Å²) in [5.74, 6) is 0.224. The number of nitrogens with zero attached hydrogens (tertiary/aromatic N) is 2. The van der Waals surface area contributed by atoms with Crippen LogP contribution in [0.1, 0.15) is 41.4 Å². The summed E-state index contributed by atoms with van der Waals surface area (Å²) >= 11 is 0. The Labute approximate surface area is 118 Å². The lowest BCUT2D eigenvalue weighted by molar-refractivity contribution is 0.0955. The number of pyridine rings is 1. The quantitative estimate of drug-likeness (QED) is 0.684. The Kier molecular flexibility index (Phi) is 4.60. The van der Waals surface area contributed by atoms with Gasteiger partial charge in [-0.05, 0) is 35.7 Å². The minimum Gasteiger partial charge on any atom is -0.267 e. The van der Waals surface area contributed by atoms with Gasteiger partial charge in [-0.25, -0.2) is 5.43 Å². The molecule has 0 aliphatic rings. The summed E-state index contributed by atoms with van der Waals surface area (Å²) < 4.78 is 0. The highest BCUT2D eigenvalue weighted by atomic mass is 16.2. The van der Waals surface area contributed by atoms with Gasteiger partial charge >= 0.3 is 0 Å². The molecule has 0 saturated carbocycles. The molecule has 1 aromatic carbocycles. The number of rotatable bonds is 4. The van der Waals surface area contributed by atoms with Gasteiger partial charge in [-0.2, -0.15) is 5.10 Å². The first-order valence-corrected chi connectivity index (χ1v) is 6.51. The van der Waals surface area contributed by atoms with Crippen LogP contribution in [0, 0.1) is 0 Å². The van der Waals surface area contributed by atoms with E-state index in [1.54, 1.807) is 18.3 Å². The lowest BCUT2D eigenvalue weighted by Crippen LogP contribution is -2.17. The molecular formula is C16H17N3O. The molecule has 1 aromatic heterocycles. The predicted octanol–water partition coefficient (Wildman–Crippen LogP) is 2.97. The molecule has 0 spiro atoms. The van der Waals surface area contributed by atoms with Crippen molar-refractivity contribution < 1.29 is 4.79 Å². The molecule has 0 unspecified atom stereocenters. The van der Waals surface area contributed by atoms with Gasteiger partial charge in [-0.15, -0.1) is 0 Å². The van der Waals surface area contributed by atoms with Crippen LogP contribution in [-0.2, 0) is 0 Å². The summed E-state index contributed by atoms with van der Waals surface area (Å²) in [5, 5.41) is 3.89. The number of amides is 1. The van der Waals surface area contributed by atoms with Crippen LogP contribution in [0.25, 0.3) is 0 Å². The number of hydrogen-bond acceptors (Lipinski definition) is 3. The van der Waals surface area contributed by atoms with Crippen LogP contribution in [0.2, 0.25) is 0 Å². The monoisotopic (exact) mass is 267 g/mol. The van der Waals surface area contributed by atoms with Crippen LogP contribution in [0.3, 0.4) is 0 Å². The molecule has 2 aromatic rings. The zero-order valence-corrected chi connectivity index (χ0v) is 11.6. The molecule has 20 heavy (non-hydrogen) atoms. The number of benzene rings is 1. The largest absolute Gasteiger partial charge is 0.271 e.